The van der Waals surface area contributed by atoms with Crippen LogP contribution >= 0.6 is 10.4 Å². The van der Waals surface area contributed by atoms with Gasteiger partial charge < -0.3 is 0 Å². The third-order valence-corrected chi connectivity index (χ3v) is 12.5. The summed E-state index contributed by atoms with van der Waals surface area (Å²) >= 11 is 0. The molecule has 1 saturated heterocycles. The van der Waals surface area contributed by atoms with E-state index < -0.39 is 10.4 Å². The maximum atomic E-state index is 6.47. The first-order valence-electron chi connectivity index (χ1n) is 5.36. The first-order valence-corrected chi connectivity index (χ1v) is 9.35. The fourth-order valence-electron chi connectivity index (χ4n) is 2.12. The SMILES string of the molecule is CCC(C)N(C(C)C)S1(N)C[SiH2]C1. The number of hydrogen-bond acceptors (Lipinski definition) is 2. The van der Waals surface area contributed by atoms with Gasteiger partial charge >= 0.3 is 0 Å². The van der Waals surface area contributed by atoms with Crippen molar-refractivity contribution in [3.05, 3.63) is 0 Å². The summed E-state index contributed by atoms with van der Waals surface area (Å²) in [6, 6.07) is 1.30. The second kappa shape index (κ2) is 4.34. The molecule has 0 aromatic carbocycles. The van der Waals surface area contributed by atoms with Gasteiger partial charge in [-0.05, 0) is 37.9 Å². The molecule has 1 aliphatic rings. The van der Waals surface area contributed by atoms with Crippen LogP contribution in [0.5, 0.6) is 0 Å². The van der Waals surface area contributed by atoms with Crippen LogP contribution in [-0.2, 0) is 0 Å². The van der Waals surface area contributed by atoms with Gasteiger partial charge in [0.2, 0.25) is 0 Å². The van der Waals surface area contributed by atoms with E-state index in [1.165, 1.54) is 17.2 Å². The minimum Gasteiger partial charge on any atom is -0.284 e. The predicted molar refractivity (Wildman–Crippen MR) is 66.8 cm³/mol. The third kappa shape index (κ3) is 2.29. The Morgan fingerprint density at radius 2 is 1.92 bits per heavy atom. The van der Waals surface area contributed by atoms with E-state index in [1.807, 2.05) is 0 Å². The van der Waals surface area contributed by atoms with Crippen LogP contribution in [0.2, 0.25) is 0 Å². The molecule has 1 unspecified atom stereocenters. The quantitative estimate of drug-likeness (QED) is 0.721. The molecule has 4 heteroatoms. The van der Waals surface area contributed by atoms with E-state index in [0.29, 0.717) is 12.1 Å². The van der Waals surface area contributed by atoms with Crippen LogP contribution in [0.4, 0.5) is 0 Å². The highest BCUT2D eigenvalue weighted by molar-refractivity contribution is 8.34. The number of nitrogens with zero attached hydrogens (tertiary/aromatic N) is 1. The zero-order valence-electron chi connectivity index (χ0n) is 9.42. The summed E-state index contributed by atoms with van der Waals surface area (Å²) in [4.78, 5) is 0. The lowest BCUT2D eigenvalue weighted by molar-refractivity contribution is 0.301. The molecule has 0 aliphatic carbocycles. The Hall–Kier alpha value is 0.487. The first kappa shape index (κ1) is 11.6. The molecule has 1 rings (SSSR count). The summed E-state index contributed by atoms with van der Waals surface area (Å²) in [5, 5.41) is 9.27. The van der Waals surface area contributed by atoms with Gasteiger partial charge in [0.15, 0.2) is 0 Å². The van der Waals surface area contributed by atoms with Crippen LogP contribution in [0, 0.1) is 0 Å². The molecule has 1 heterocycles. The molecule has 0 saturated carbocycles. The Labute approximate surface area is 86.7 Å². The molecule has 1 atom stereocenters. The highest BCUT2D eigenvalue weighted by atomic mass is 32.3. The van der Waals surface area contributed by atoms with Crippen LogP contribution < -0.4 is 5.14 Å². The first-order chi connectivity index (χ1) is 6.01. The van der Waals surface area contributed by atoms with Gasteiger partial charge in [-0.15, -0.1) is 10.4 Å². The summed E-state index contributed by atoms with van der Waals surface area (Å²) in [6.45, 7) is 9.15. The Kier molecular flexibility index (Phi) is 3.86. The molecule has 2 N–H and O–H groups in total. The van der Waals surface area contributed by atoms with E-state index in [-0.39, 0.29) is 9.52 Å². The molecule has 2 nitrogen and oxygen atoms in total. The van der Waals surface area contributed by atoms with Crippen LogP contribution in [0.1, 0.15) is 34.1 Å². The maximum absolute atomic E-state index is 6.47. The number of nitrogens with two attached hydrogens (primary N) is 1. The third-order valence-electron chi connectivity index (χ3n) is 2.95. The fraction of sp³-hybridized carbons (Fsp3) is 1.00. The van der Waals surface area contributed by atoms with Crippen molar-refractivity contribution >= 4 is 19.9 Å². The van der Waals surface area contributed by atoms with Crippen LogP contribution in [0.25, 0.3) is 0 Å². The Morgan fingerprint density at radius 3 is 2.15 bits per heavy atom. The largest absolute Gasteiger partial charge is 0.284 e. The van der Waals surface area contributed by atoms with Crippen LogP contribution in [-0.4, -0.2) is 36.7 Å². The van der Waals surface area contributed by atoms with Gasteiger partial charge in [-0.25, -0.2) is 0 Å². The molecule has 0 bridgehead atoms. The van der Waals surface area contributed by atoms with Gasteiger partial charge in [0, 0.05) is 21.6 Å². The van der Waals surface area contributed by atoms with Crippen molar-refractivity contribution in [2.24, 2.45) is 5.14 Å². The number of hydrogen-bond donors (Lipinski definition) is 1. The van der Waals surface area contributed by atoms with Gasteiger partial charge in [0.1, 0.15) is 0 Å². The molecule has 0 amide bonds. The average Bonchev–Trinajstić information content (AvgIpc) is 2.00. The van der Waals surface area contributed by atoms with E-state index in [2.05, 4.69) is 32.0 Å². The molecule has 80 valence electrons. The van der Waals surface area contributed by atoms with Gasteiger partial charge in [-0.2, -0.15) is 0 Å². The Morgan fingerprint density at radius 1 is 1.38 bits per heavy atom. The van der Waals surface area contributed by atoms with Crippen molar-refractivity contribution in [3.63, 3.8) is 0 Å². The molecule has 0 spiro atoms. The summed E-state index contributed by atoms with van der Waals surface area (Å²) in [6.07, 6.45) is 1.23. The van der Waals surface area contributed by atoms with Gasteiger partial charge in [-0.1, -0.05) is 6.92 Å². The van der Waals surface area contributed by atoms with Crippen molar-refractivity contribution < 1.29 is 0 Å². The van der Waals surface area contributed by atoms with Gasteiger partial charge in [0.25, 0.3) is 0 Å². The van der Waals surface area contributed by atoms with E-state index in [0.717, 1.165) is 0 Å². The molecular formula is C9H24N2SSi. The zero-order chi connectivity index (χ0) is 10.1. The highest BCUT2D eigenvalue weighted by Gasteiger charge is 2.37. The van der Waals surface area contributed by atoms with Crippen molar-refractivity contribution in [2.75, 3.05) is 10.8 Å². The van der Waals surface area contributed by atoms with Crippen LogP contribution in [0.3, 0.4) is 0 Å². The second-order valence-corrected chi connectivity index (χ2v) is 10.6. The highest BCUT2D eigenvalue weighted by Crippen LogP contribution is 2.51. The van der Waals surface area contributed by atoms with E-state index >= 15 is 0 Å². The lowest BCUT2D eigenvalue weighted by atomic mass is 10.2. The Balaban J connectivity index is 2.66. The topological polar surface area (TPSA) is 29.3 Å². The van der Waals surface area contributed by atoms with Gasteiger partial charge in [-0.3, -0.25) is 9.44 Å². The minimum atomic E-state index is -0.795. The summed E-state index contributed by atoms with van der Waals surface area (Å²) in [5.41, 5.74) is 0. The van der Waals surface area contributed by atoms with Crippen LogP contribution in [0.15, 0.2) is 0 Å². The van der Waals surface area contributed by atoms with Crippen molar-refractivity contribution in [1.82, 2.24) is 4.31 Å². The standard InChI is InChI=1S/C9H24N2SSi/c1-5-9(4)11(8(2)3)12(10)6-13-7-12/h8-9H,5-7,10,13H2,1-4H3. The lowest BCUT2D eigenvalue weighted by Gasteiger charge is -2.56. The van der Waals surface area contributed by atoms with Gasteiger partial charge in [0.05, 0.1) is 0 Å². The minimum absolute atomic E-state index is 0.257. The smallest absolute Gasteiger partial charge is 0.0454 e. The predicted octanol–water partition coefficient (Wildman–Crippen LogP) is 1.19. The molecule has 0 aromatic rings. The molecule has 1 fully saturated rings. The summed E-state index contributed by atoms with van der Waals surface area (Å²) < 4.78 is 2.61. The second-order valence-electron chi connectivity index (χ2n) is 4.37. The summed E-state index contributed by atoms with van der Waals surface area (Å²) in [5.74, 6) is 0. The normalized spacial score (nSPS) is 37.5. The summed E-state index contributed by atoms with van der Waals surface area (Å²) in [7, 11) is -0.539. The fourth-order valence-corrected chi connectivity index (χ4v) is 9.03. The Bertz CT molecular complexity index is 171. The van der Waals surface area contributed by atoms with E-state index in [4.69, 9.17) is 5.14 Å². The van der Waals surface area contributed by atoms with E-state index in [1.54, 1.807) is 0 Å². The van der Waals surface area contributed by atoms with Crippen molar-refractivity contribution in [3.8, 4) is 0 Å². The molecule has 1 aliphatic heterocycles. The molecule has 0 aromatic heterocycles. The monoisotopic (exact) mass is 220 g/mol. The zero-order valence-corrected chi connectivity index (χ0v) is 11.6. The molecular weight excluding hydrogens is 196 g/mol. The maximum Gasteiger partial charge on any atom is 0.0454 e. The molecule has 13 heavy (non-hydrogen) atoms. The van der Waals surface area contributed by atoms with Crippen molar-refractivity contribution in [2.45, 2.75) is 46.2 Å². The lowest BCUT2D eigenvalue weighted by Crippen LogP contribution is -2.53. The number of rotatable bonds is 4. The average molecular weight is 220 g/mol. The molecule has 0 radical (unpaired) electrons. The van der Waals surface area contributed by atoms with Crippen molar-refractivity contribution in [1.29, 1.82) is 0 Å². The van der Waals surface area contributed by atoms with E-state index in [9.17, 15) is 0 Å².